The molecule has 9 nitrogen and oxygen atoms in total. The molecular formula is C18H31NO8. The van der Waals surface area contributed by atoms with E-state index < -0.39 is 48.0 Å². The number of hydrogen-bond acceptors (Lipinski definition) is 7. The summed E-state index contributed by atoms with van der Waals surface area (Å²) < 4.78 is 15.2. The van der Waals surface area contributed by atoms with Gasteiger partial charge in [-0.1, -0.05) is 13.3 Å². The Hall–Kier alpha value is -2.32. The lowest BCUT2D eigenvalue weighted by Crippen LogP contribution is -2.54. The number of rotatable bonds is 7. The number of ether oxygens (including phenoxy) is 3. The van der Waals surface area contributed by atoms with Gasteiger partial charge in [-0.3, -0.25) is 4.79 Å². The Kier molecular flexibility index (Phi) is 9.26. The van der Waals surface area contributed by atoms with Crippen molar-refractivity contribution in [1.82, 2.24) is 4.90 Å². The van der Waals surface area contributed by atoms with Crippen LogP contribution in [0.25, 0.3) is 0 Å². The Morgan fingerprint density at radius 2 is 1.37 bits per heavy atom. The van der Waals surface area contributed by atoms with Crippen molar-refractivity contribution in [2.24, 2.45) is 0 Å². The van der Waals surface area contributed by atoms with Crippen LogP contribution >= 0.6 is 0 Å². The summed E-state index contributed by atoms with van der Waals surface area (Å²) in [4.78, 5) is 48.6. The van der Waals surface area contributed by atoms with Crippen molar-refractivity contribution in [3.05, 3.63) is 0 Å². The maximum atomic E-state index is 12.4. The zero-order valence-corrected chi connectivity index (χ0v) is 17.2. The van der Waals surface area contributed by atoms with Crippen molar-refractivity contribution in [2.45, 2.75) is 85.0 Å². The number of aliphatic carboxylic acids is 1. The van der Waals surface area contributed by atoms with Gasteiger partial charge < -0.3 is 19.3 Å². The first-order valence-corrected chi connectivity index (χ1v) is 8.81. The molecule has 0 bridgehead atoms. The number of unbranched alkanes of at least 4 members (excludes halogenated alkanes) is 1. The van der Waals surface area contributed by atoms with Crippen LogP contribution in [0.15, 0.2) is 0 Å². The van der Waals surface area contributed by atoms with Gasteiger partial charge in [-0.2, -0.15) is 4.90 Å². The first-order valence-electron chi connectivity index (χ1n) is 8.81. The molecule has 27 heavy (non-hydrogen) atoms. The molecule has 1 N–H and O–H groups in total. The smallest absolute Gasteiger partial charge is 0.420 e. The normalized spacial score (nSPS) is 12.7. The molecule has 0 aliphatic rings. The van der Waals surface area contributed by atoms with Crippen molar-refractivity contribution < 1.29 is 38.5 Å². The molecular weight excluding hydrogens is 358 g/mol. The lowest BCUT2D eigenvalue weighted by molar-refractivity contribution is -0.152. The average molecular weight is 389 g/mol. The summed E-state index contributed by atoms with van der Waals surface area (Å²) in [5, 5.41) is 9.48. The van der Waals surface area contributed by atoms with E-state index in [9.17, 15) is 24.3 Å². The number of hydrogen-bond donors (Lipinski definition) is 1. The number of carboxylic acid groups (broad SMARTS) is 1. The minimum atomic E-state index is -1.78. The predicted molar refractivity (Wildman–Crippen MR) is 96.2 cm³/mol. The Balaban J connectivity index is 5.53. The fourth-order valence-corrected chi connectivity index (χ4v) is 1.77. The van der Waals surface area contributed by atoms with Crippen LogP contribution in [0.5, 0.6) is 0 Å². The third kappa shape index (κ3) is 10.4. The molecule has 0 aromatic rings. The van der Waals surface area contributed by atoms with E-state index >= 15 is 0 Å². The maximum Gasteiger partial charge on any atom is 0.420 e. The Labute approximate surface area is 159 Å². The summed E-state index contributed by atoms with van der Waals surface area (Å²) >= 11 is 0. The van der Waals surface area contributed by atoms with E-state index in [1.165, 1.54) is 0 Å². The van der Waals surface area contributed by atoms with E-state index in [1.807, 2.05) is 6.92 Å². The second-order valence-electron chi connectivity index (χ2n) is 7.97. The highest BCUT2D eigenvalue weighted by atomic mass is 16.6. The largest absolute Gasteiger partial charge is 0.480 e. The maximum absolute atomic E-state index is 12.4. The lowest BCUT2D eigenvalue weighted by atomic mass is 10.2. The van der Waals surface area contributed by atoms with Crippen LogP contribution < -0.4 is 0 Å². The zero-order chi connectivity index (χ0) is 21.4. The molecule has 0 aliphatic carbocycles. The molecule has 0 aromatic carbocycles. The molecule has 1 atom stereocenters. The molecule has 0 saturated carbocycles. The van der Waals surface area contributed by atoms with Gasteiger partial charge in [0.15, 0.2) is 6.04 Å². The third-order valence-electron chi connectivity index (χ3n) is 2.91. The monoisotopic (exact) mass is 389 g/mol. The van der Waals surface area contributed by atoms with Crippen molar-refractivity contribution in [3.63, 3.8) is 0 Å². The van der Waals surface area contributed by atoms with Crippen molar-refractivity contribution >= 4 is 24.1 Å². The standard InChI is InChI=1S/C18H31NO8/c1-8-9-10-13(20)25-11-12(14(21)22)19(15(23)26-17(2,3)4)16(24)27-18(5,6)7/h12H,8-11H2,1-7H3,(H,21,22)/t12-/m0/s1. The first-order chi connectivity index (χ1) is 12.2. The number of nitrogens with zero attached hydrogens (tertiary/aromatic N) is 1. The Bertz CT molecular complexity index is 517. The Morgan fingerprint density at radius 3 is 1.70 bits per heavy atom. The zero-order valence-electron chi connectivity index (χ0n) is 17.2. The number of carboxylic acids is 1. The van der Waals surface area contributed by atoms with E-state index in [4.69, 9.17) is 14.2 Å². The fraction of sp³-hybridized carbons (Fsp3) is 0.778. The fourth-order valence-electron chi connectivity index (χ4n) is 1.77. The Morgan fingerprint density at radius 1 is 0.926 bits per heavy atom. The molecule has 0 spiro atoms. The van der Waals surface area contributed by atoms with Crippen molar-refractivity contribution in [2.75, 3.05) is 6.61 Å². The molecule has 0 rings (SSSR count). The van der Waals surface area contributed by atoms with Crippen LogP contribution in [0, 0.1) is 0 Å². The number of amides is 2. The van der Waals surface area contributed by atoms with Crippen LogP contribution in [0.1, 0.15) is 67.7 Å². The van der Waals surface area contributed by atoms with Gasteiger partial charge in [-0.25, -0.2) is 14.4 Å². The lowest BCUT2D eigenvalue weighted by Gasteiger charge is -2.31. The SMILES string of the molecule is CCCCC(=O)OC[C@@H](C(=O)O)N(C(=O)OC(C)(C)C)C(=O)OC(C)(C)C. The van der Waals surface area contributed by atoms with Crippen LogP contribution in [-0.2, 0) is 23.8 Å². The van der Waals surface area contributed by atoms with Crippen LogP contribution in [0.2, 0.25) is 0 Å². The molecule has 0 saturated heterocycles. The van der Waals surface area contributed by atoms with Crippen molar-refractivity contribution in [1.29, 1.82) is 0 Å². The molecule has 0 heterocycles. The molecule has 9 heteroatoms. The van der Waals surface area contributed by atoms with Crippen LogP contribution in [0.4, 0.5) is 9.59 Å². The highest BCUT2D eigenvalue weighted by Gasteiger charge is 2.41. The summed E-state index contributed by atoms with van der Waals surface area (Å²) in [6, 6.07) is -1.78. The summed E-state index contributed by atoms with van der Waals surface area (Å²) in [5.74, 6) is -2.15. The van der Waals surface area contributed by atoms with E-state index in [2.05, 4.69) is 0 Å². The summed E-state index contributed by atoms with van der Waals surface area (Å²) in [5.41, 5.74) is -1.95. The van der Waals surface area contributed by atoms with Crippen LogP contribution in [-0.4, -0.2) is 58.0 Å². The highest BCUT2D eigenvalue weighted by Crippen LogP contribution is 2.17. The van der Waals surface area contributed by atoms with Gasteiger partial charge in [0, 0.05) is 6.42 Å². The number of carbonyl (C=O) groups is 4. The number of carbonyl (C=O) groups excluding carboxylic acids is 3. The second kappa shape index (κ2) is 10.1. The van der Waals surface area contributed by atoms with Gasteiger partial charge in [-0.15, -0.1) is 0 Å². The summed E-state index contributed by atoms with van der Waals surface area (Å²) in [6.07, 6.45) is -0.943. The molecule has 2 amide bonds. The number of esters is 1. The van der Waals surface area contributed by atoms with E-state index in [-0.39, 0.29) is 6.42 Å². The minimum absolute atomic E-state index is 0.113. The highest BCUT2D eigenvalue weighted by molar-refractivity contribution is 5.93. The van der Waals surface area contributed by atoms with Gasteiger partial charge in [-0.05, 0) is 48.0 Å². The first kappa shape index (κ1) is 24.7. The molecule has 0 unspecified atom stereocenters. The average Bonchev–Trinajstić information content (AvgIpc) is 2.44. The second-order valence-corrected chi connectivity index (χ2v) is 7.97. The van der Waals surface area contributed by atoms with E-state index in [0.29, 0.717) is 11.3 Å². The van der Waals surface area contributed by atoms with E-state index in [0.717, 1.165) is 6.42 Å². The van der Waals surface area contributed by atoms with E-state index in [1.54, 1.807) is 41.5 Å². The summed E-state index contributed by atoms with van der Waals surface area (Å²) in [7, 11) is 0. The molecule has 0 aliphatic heterocycles. The number of imide groups is 1. The molecule has 156 valence electrons. The third-order valence-corrected chi connectivity index (χ3v) is 2.91. The van der Waals surface area contributed by atoms with Gasteiger partial charge in [0.1, 0.15) is 17.8 Å². The van der Waals surface area contributed by atoms with Crippen LogP contribution in [0.3, 0.4) is 0 Å². The van der Waals surface area contributed by atoms with Gasteiger partial charge in [0.25, 0.3) is 0 Å². The van der Waals surface area contributed by atoms with Gasteiger partial charge in [0.2, 0.25) is 0 Å². The van der Waals surface area contributed by atoms with Gasteiger partial charge >= 0.3 is 24.1 Å². The quantitative estimate of drug-likeness (QED) is 0.520. The van der Waals surface area contributed by atoms with Crippen molar-refractivity contribution in [3.8, 4) is 0 Å². The predicted octanol–water partition coefficient (Wildman–Crippen LogP) is 3.35. The topological polar surface area (TPSA) is 119 Å². The molecule has 0 fully saturated rings. The minimum Gasteiger partial charge on any atom is -0.480 e. The van der Waals surface area contributed by atoms with Gasteiger partial charge in [0.05, 0.1) is 0 Å². The summed E-state index contributed by atoms with van der Waals surface area (Å²) in [6.45, 7) is 10.6. The molecule has 0 radical (unpaired) electrons. The molecule has 0 aromatic heterocycles.